The topological polar surface area (TPSA) is 73.8 Å². The van der Waals surface area contributed by atoms with Crippen molar-refractivity contribution >= 4 is 15.8 Å². The van der Waals surface area contributed by atoms with Gasteiger partial charge in [0.2, 0.25) is 23.1 Å². The molecule has 8 nitrogen and oxygen atoms in total. The Hall–Kier alpha value is 0.540. The van der Waals surface area contributed by atoms with E-state index in [-0.39, 0.29) is 40.3 Å². The van der Waals surface area contributed by atoms with Gasteiger partial charge in [-0.3, -0.25) is 0 Å². The monoisotopic (exact) mass is 494 g/mol. The van der Waals surface area contributed by atoms with Gasteiger partial charge in [-0.2, -0.15) is 0 Å². The van der Waals surface area contributed by atoms with E-state index in [1.54, 1.807) is 28.4 Å². The van der Waals surface area contributed by atoms with Crippen molar-refractivity contribution in [2.24, 2.45) is 0 Å². The van der Waals surface area contributed by atoms with Crippen LogP contribution in [0.1, 0.15) is 27.7 Å². The fraction of sp³-hybridized carbons (Fsp3) is 1.00. The van der Waals surface area contributed by atoms with Crippen LogP contribution in [0.25, 0.3) is 0 Å². The Kier molecular flexibility index (Phi) is 6.87. The molecule has 4 heterocycles. The third kappa shape index (κ3) is 3.56. The fourth-order valence-electron chi connectivity index (χ4n) is 5.83. The molecule has 0 spiro atoms. The first-order chi connectivity index (χ1) is 14.9. The molecule has 32 heavy (non-hydrogen) atoms. The lowest BCUT2D eigenvalue weighted by Crippen LogP contribution is -2.68. The van der Waals surface area contributed by atoms with Crippen LogP contribution in [0.5, 0.6) is 0 Å². The van der Waals surface area contributed by atoms with E-state index >= 15 is 0 Å². The molecule has 12 atom stereocenters. The second-order valence-corrected chi connectivity index (χ2v) is 14.9. The average molecular weight is 495 g/mol. The van der Waals surface area contributed by atoms with E-state index in [2.05, 4.69) is 13.3 Å². The Bertz CT molecular complexity index is 657. The zero-order valence-corrected chi connectivity index (χ0v) is 22.8. The van der Waals surface area contributed by atoms with E-state index in [9.17, 15) is 0 Å². The second-order valence-electron chi connectivity index (χ2n) is 9.94. The quantitative estimate of drug-likeness (QED) is 0.541. The van der Waals surface area contributed by atoms with Gasteiger partial charge in [0.1, 0.15) is 0 Å². The molecule has 4 fully saturated rings. The predicted molar refractivity (Wildman–Crippen MR) is 124 cm³/mol. The van der Waals surface area contributed by atoms with Crippen molar-refractivity contribution in [1.29, 1.82) is 0 Å². The van der Waals surface area contributed by atoms with Crippen LogP contribution in [0.4, 0.5) is 0 Å². The Labute approximate surface area is 194 Å². The number of ether oxygens (including phenoxy) is 8. The molecule has 10 heteroatoms. The van der Waals surface area contributed by atoms with Crippen LogP contribution in [-0.4, -0.2) is 113 Å². The summed E-state index contributed by atoms with van der Waals surface area (Å²) in [5.41, 5.74) is 0.627. The standard InChI is InChI=1S/C22H40O8P2/c1-19(23-5)21(3,25-7)29-15-13(27-19)11-31(9)17(15)18-16-14(12-32(18)10)28-20(2,24-6)22(4,26-8)30-16/h13-18H,11-12H2,1-10H3/t13-,14?,15+,16+,17-,18-,19+,20+,21+,22+,31+,32-/m1/s1. The normalized spacial score (nSPS) is 57.9. The highest BCUT2D eigenvalue weighted by Gasteiger charge is 2.66. The molecular formula is C22H40O8P2. The lowest BCUT2D eigenvalue weighted by molar-refractivity contribution is -0.448. The third-order valence-corrected chi connectivity index (χ3v) is 13.8. The van der Waals surface area contributed by atoms with Gasteiger partial charge in [-0.05, 0) is 53.3 Å². The van der Waals surface area contributed by atoms with Gasteiger partial charge in [0.15, 0.2) is 0 Å². The molecule has 0 aromatic heterocycles. The van der Waals surface area contributed by atoms with Gasteiger partial charge < -0.3 is 37.9 Å². The third-order valence-electron chi connectivity index (χ3n) is 8.39. The van der Waals surface area contributed by atoms with Gasteiger partial charge in [0.25, 0.3) is 0 Å². The van der Waals surface area contributed by atoms with Gasteiger partial charge in [-0.1, -0.05) is 0 Å². The van der Waals surface area contributed by atoms with Crippen molar-refractivity contribution in [2.45, 2.75) is 86.6 Å². The lowest BCUT2D eigenvalue weighted by atomic mass is 9.96. The summed E-state index contributed by atoms with van der Waals surface area (Å²) < 4.78 is 49.6. The molecule has 4 aliphatic rings. The molecule has 4 aliphatic heterocycles. The first-order valence-electron chi connectivity index (χ1n) is 11.2. The minimum Gasteiger partial charge on any atom is -0.349 e. The average Bonchev–Trinajstić information content (AvgIpc) is 3.21. The zero-order valence-electron chi connectivity index (χ0n) is 21.0. The Morgan fingerprint density at radius 3 is 1.12 bits per heavy atom. The maximum atomic E-state index is 6.72. The van der Waals surface area contributed by atoms with Crippen molar-refractivity contribution < 1.29 is 37.9 Å². The Morgan fingerprint density at radius 1 is 0.562 bits per heavy atom. The van der Waals surface area contributed by atoms with Crippen LogP contribution in [0.2, 0.25) is 0 Å². The van der Waals surface area contributed by atoms with Gasteiger partial charge in [0.05, 0.1) is 24.4 Å². The summed E-state index contributed by atoms with van der Waals surface area (Å²) in [4.78, 5) is 0. The predicted octanol–water partition coefficient (Wildman–Crippen LogP) is 2.99. The molecule has 0 saturated carbocycles. The molecule has 186 valence electrons. The van der Waals surface area contributed by atoms with E-state index in [0.717, 1.165) is 12.3 Å². The van der Waals surface area contributed by atoms with Crippen LogP contribution in [-0.2, 0) is 37.9 Å². The molecule has 0 bridgehead atoms. The maximum Gasteiger partial charge on any atom is 0.220 e. The highest BCUT2D eigenvalue weighted by molar-refractivity contribution is 7.62. The van der Waals surface area contributed by atoms with Crippen LogP contribution in [0.15, 0.2) is 0 Å². The van der Waals surface area contributed by atoms with Crippen LogP contribution in [0, 0.1) is 0 Å². The van der Waals surface area contributed by atoms with Crippen molar-refractivity contribution in [1.82, 2.24) is 0 Å². The molecule has 0 aliphatic carbocycles. The highest BCUT2D eigenvalue weighted by Crippen LogP contribution is 2.65. The summed E-state index contributed by atoms with van der Waals surface area (Å²) in [7, 11) is 5.85. The molecule has 0 radical (unpaired) electrons. The first kappa shape index (κ1) is 25.6. The van der Waals surface area contributed by atoms with E-state index < -0.39 is 23.1 Å². The number of fused-ring (bicyclic) bond motifs is 2. The summed E-state index contributed by atoms with van der Waals surface area (Å²) in [6.45, 7) is 12.3. The Morgan fingerprint density at radius 2 is 0.844 bits per heavy atom. The molecule has 0 amide bonds. The lowest BCUT2D eigenvalue weighted by Gasteiger charge is -2.53. The molecule has 4 rings (SSSR count). The van der Waals surface area contributed by atoms with Gasteiger partial charge in [-0.15, -0.1) is 15.8 Å². The van der Waals surface area contributed by atoms with Gasteiger partial charge >= 0.3 is 0 Å². The highest BCUT2D eigenvalue weighted by atomic mass is 31.1. The van der Waals surface area contributed by atoms with Crippen LogP contribution >= 0.6 is 15.8 Å². The van der Waals surface area contributed by atoms with Gasteiger partial charge in [0, 0.05) is 39.8 Å². The summed E-state index contributed by atoms with van der Waals surface area (Å²) in [5.74, 6) is -3.95. The smallest absolute Gasteiger partial charge is 0.220 e. The largest absolute Gasteiger partial charge is 0.349 e. The van der Waals surface area contributed by atoms with Crippen LogP contribution in [0.3, 0.4) is 0 Å². The Balaban J connectivity index is 1.65. The number of methoxy groups -OCH3 is 4. The van der Waals surface area contributed by atoms with E-state index in [4.69, 9.17) is 37.9 Å². The molecule has 0 aromatic rings. The summed E-state index contributed by atoms with van der Waals surface area (Å²) >= 11 is 0. The summed E-state index contributed by atoms with van der Waals surface area (Å²) in [6.07, 6.45) is 1.71. The van der Waals surface area contributed by atoms with Crippen molar-refractivity contribution in [3.63, 3.8) is 0 Å². The minimum atomic E-state index is -1.00. The van der Waals surface area contributed by atoms with Crippen molar-refractivity contribution in [3.8, 4) is 0 Å². The summed E-state index contributed by atoms with van der Waals surface area (Å²) in [5, 5.41) is 0. The van der Waals surface area contributed by atoms with Gasteiger partial charge in [-0.25, -0.2) is 0 Å². The fourth-order valence-corrected chi connectivity index (χ4v) is 12.3. The van der Waals surface area contributed by atoms with E-state index in [1.165, 1.54) is 0 Å². The van der Waals surface area contributed by atoms with E-state index in [0.29, 0.717) is 11.3 Å². The molecule has 1 unspecified atom stereocenters. The van der Waals surface area contributed by atoms with E-state index in [1.807, 2.05) is 27.7 Å². The number of hydrogen-bond donors (Lipinski definition) is 0. The molecule has 0 N–H and O–H groups in total. The zero-order chi connectivity index (χ0) is 23.7. The number of rotatable bonds is 5. The van der Waals surface area contributed by atoms with Crippen molar-refractivity contribution in [2.75, 3.05) is 54.1 Å². The molecule has 0 aromatic carbocycles. The van der Waals surface area contributed by atoms with Crippen molar-refractivity contribution in [3.05, 3.63) is 0 Å². The SMILES string of the molecule is CO[C@@]1(C)OC2C[P@@](C)[C@@H]([C@H]3[C@H]4O[C@](C)(OC)[C@@](C)(OC)O[C@@H]4C[P@]3C)[C@H]2O[C@]1(C)OC. The maximum absolute atomic E-state index is 6.72. The first-order valence-corrected chi connectivity index (χ1v) is 15.3. The minimum absolute atomic E-state index is 0.0331. The molecule has 4 saturated heterocycles. The number of hydrogen-bond acceptors (Lipinski definition) is 8. The molecular weight excluding hydrogens is 454 g/mol. The summed E-state index contributed by atoms with van der Waals surface area (Å²) in [6, 6.07) is 0. The van der Waals surface area contributed by atoms with Crippen LogP contribution < -0.4 is 0 Å². The second kappa shape index (κ2) is 8.58.